The molecule has 0 atom stereocenters. The number of benzene rings is 1. The van der Waals surface area contributed by atoms with Gasteiger partial charge >= 0.3 is 0 Å². The van der Waals surface area contributed by atoms with Gasteiger partial charge in [-0.25, -0.2) is 0 Å². The maximum absolute atomic E-state index is 5.55. The van der Waals surface area contributed by atoms with Crippen molar-refractivity contribution in [3.63, 3.8) is 0 Å². The molecule has 1 aliphatic carbocycles. The number of hydrogen-bond acceptors (Lipinski definition) is 3. The van der Waals surface area contributed by atoms with E-state index in [9.17, 15) is 0 Å². The fraction of sp³-hybridized carbons (Fsp3) is 0.647. The van der Waals surface area contributed by atoms with Gasteiger partial charge in [-0.05, 0) is 25.8 Å². The topological polar surface area (TPSA) is 24.5 Å². The minimum atomic E-state index is 0.396. The maximum atomic E-state index is 5.55. The number of rotatable bonds is 3. The van der Waals surface area contributed by atoms with Crippen LogP contribution in [0.5, 0.6) is 5.75 Å². The van der Waals surface area contributed by atoms with Crippen molar-refractivity contribution in [2.45, 2.75) is 44.7 Å². The molecule has 1 spiro atoms. The van der Waals surface area contributed by atoms with E-state index < -0.39 is 0 Å². The van der Waals surface area contributed by atoms with E-state index in [0.717, 1.165) is 31.9 Å². The van der Waals surface area contributed by atoms with Gasteiger partial charge in [0.05, 0.1) is 7.11 Å². The van der Waals surface area contributed by atoms with E-state index in [-0.39, 0.29) is 0 Å². The van der Waals surface area contributed by atoms with Crippen LogP contribution >= 0.6 is 0 Å². The highest BCUT2D eigenvalue weighted by molar-refractivity contribution is 5.37. The zero-order valence-electron chi connectivity index (χ0n) is 12.7. The van der Waals surface area contributed by atoms with Crippen LogP contribution in [0.3, 0.4) is 0 Å². The molecule has 1 aromatic rings. The Hall–Kier alpha value is -1.06. The Kier molecular flexibility index (Phi) is 3.99. The minimum absolute atomic E-state index is 0.396. The van der Waals surface area contributed by atoms with Crippen LogP contribution in [0.2, 0.25) is 0 Å². The molecule has 0 aromatic heterocycles. The van der Waals surface area contributed by atoms with Gasteiger partial charge in [0.25, 0.3) is 0 Å². The van der Waals surface area contributed by atoms with E-state index in [1.54, 1.807) is 7.11 Å². The number of piperazine rings is 1. The van der Waals surface area contributed by atoms with Crippen LogP contribution in [-0.4, -0.2) is 37.2 Å². The molecule has 0 radical (unpaired) electrons. The average Bonchev–Trinajstić information content (AvgIpc) is 2.91. The average molecular weight is 274 g/mol. The summed E-state index contributed by atoms with van der Waals surface area (Å²) < 4.78 is 5.55. The molecule has 3 rings (SSSR count). The van der Waals surface area contributed by atoms with Crippen molar-refractivity contribution < 1.29 is 4.74 Å². The van der Waals surface area contributed by atoms with Gasteiger partial charge in [-0.2, -0.15) is 0 Å². The molecule has 2 fully saturated rings. The summed E-state index contributed by atoms with van der Waals surface area (Å²) >= 11 is 0. The first kappa shape index (κ1) is 13.9. The smallest absolute Gasteiger partial charge is 0.123 e. The Balaban J connectivity index is 1.83. The zero-order valence-corrected chi connectivity index (χ0v) is 12.7. The summed E-state index contributed by atoms with van der Waals surface area (Å²) in [6.45, 7) is 6.59. The highest BCUT2D eigenvalue weighted by Gasteiger charge is 2.41. The monoisotopic (exact) mass is 274 g/mol. The van der Waals surface area contributed by atoms with E-state index in [2.05, 4.69) is 35.3 Å². The molecule has 1 aromatic carbocycles. The van der Waals surface area contributed by atoms with Crippen LogP contribution in [-0.2, 0) is 6.54 Å². The Morgan fingerprint density at radius 1 is 1.30 bits per heavy atom. The third kappa shape index (κ3) is 2.57. The third-order valence-corrected chi connectivity index (χ3v) is 5.01. The van der Waals surface area contributed by atoms with Crippen LogP contribution < -0.4 is 10.1 Å². The molecule has 3 heteroatoms. The number of nitrogens with one attached hydrogen (secondary N) is 1. The molecular formula is C17H26N2O. The first-order chi connectivity index (χ1) is 9.73. The van der Waals surface area contributed by atoms with Crippen molar-refractivity contribution in [1.29, 1.82) is 0 Å². The SMILES string of the molecule is COc1ccc(C)cc1CN1CCNCC12CCCC2. The molecule has 1 aliphatic heterocycles. The highest BCUT2D eigenvalue weighted by Crippen LogP contribution is 2.37. The summed E-state index contributed by atoms with van der Waals surface area (Å²) in [5.41, 5.74) is 3.05. The number of methoxy groups -OCH3 is 1. The molecule has 1 N–H and O–H groups in total. The minimum Gasteiger partial charge on any atom is -0.496 e. The van der Waals surface area contributed by atoms with Gasteiger partial charge in [0, 0.05) is 37.3 Å². The van der Waals surface area contributed by atoms with Crippen molar-refractivity contribution in [2.24, 2.45) is 0 Å². The van der Waals surface area contributed by atoms with Gasteiger partial charge in [0.1, 0.15) is 5.75 Å². The lowest BCUT2D eigenvalue weighted by Gasteiger charge is -2.45. The summed E-state index contributed by atoms with van der Waals surface area (Å²) in [6.07, 6.45) is 5.44. The fourth-order valence-corrected chi connectivity index (χ4v) is 3.89. The second-order valence-electron chi connectivity index (χ2n) is 6.35. The zero-order chi connectivity index (χ0) is 14.0. The van der Waals surface area contributed by atoms with Crippen LogP contribution in [0.1, 0.15) is 36.8 Å². The van der Waals surface area contributed by atoms with Crippen molar-refractivity contribution in [3.8, 4) is 5.75 Å². The molecule has 0 bridgehead atoms. The highest BCUT2D eigenvalue weighted by atomic mass is 16.5. The van der Waals surface area contributed by atoms with Gasteiger partial charge in [0.15, 0.2) is 0 Å². The van der Waals surface area contributed by atoms with E-state index in [1.807, 2.05) is 0 Å². The molecule has 0 amide bonds. The predicted molar refractivity (Wildman–Crippen MR) is 82.2 cm³/mol. The van der Waals surface area contributed by atoms with Crippen molar-refractivity contribution in [1.82, 2.24) is 10.2 Å². The van der Waals surface area contributed by atoms with Crippen molar-refractivity contribution >= 4 is 0 Å². The fourth-order valence-electron chi connectivity index (χ4n) is 3.89. The van der Waals surface area contributed by atoms with Crippen LogP contribution in [0.4, 0.5) is 0 Å². The van der Waals surface area contributed by atoms with Gasteiger partial charge in [0.2, 0.25) is 0 Å². The summed E-state index contributed by atoms with van der Waals surface area (Å²) in [4.78, 5) is 2.70. The molecule has 0 unspecified atom stereocenters. The van der Waals surface area contributed by atoms with Gasteiger partial charge in [-0.3, -0.25) is 4.90 Å². The van der Waals surface area contributed by atoms with Crippen LogP contribution in [0, 0.1) is 6.92 Å². The van der Waals surface area contributed by atoms with E-state index in [4.69, 9.17) is 4.74 Å². The summed E-state index contributed by atoms with van der Waals surface area (Å²) in [5.74, 6) is 1.03. The van der Waals surface area contributed by atoms with Crippen molar-refractivity contribution in [3.05, 3.63) is 29.3 Å². The molecule has 20 heavy (non-hydrogen) atoms. The number of hydrogen-bond donors (Lipinski definition) is 1. The molecule has 3 nitrogen and oxygen atoms in total. The van der Waals surface area contributed by atoms with Crippen LogP contribution in [0.15, 0.2) is 18.2 Å². The Bertz CT molecular complexity index is 466. The third-order valence-electron chi connectivity index (χ3n) is 5.01. The number of nitrogens with zero attached hydrogens (tertiary/aromatic N) is 1. The molecule has 1 heterocycles. The summed E-state index contributed by atoms with van der Waals surface area (Å²) in [7, 11) is 1.78. The normalized spacial score (nSPS) is 22.3. The Labute approximate surface area is 122 Å². The molecule has 1 saturated carbocycles. The summed E-state index contributed by atoms with van der Waals surface area (Å²) in [5, 5.41) is 3.60. The van der Waals surface area contributed by atoms with Gasteiger partial charge in [-0.1, -0.05) is 30.5 Å². The Morgan fingerprint density at radius 2 is 2.10 bits per heavy atom. The Morgan fingerprint density at radius 3 is 2.85 bits per heavy atom. The van der Waals surface area contributed by atoms with Crippen molar-refractivity contribution in [2.75, 3.05) is 26.7 Å². The maximum Gasteiger partial charge on any atom is 0.123 e. The number of ether oxygens (including phenoxy) is 1. The molecule has 1 saturated heterocycles. The van der Waals surface area contributed by atoms with E-state index in [1.165, 1.54) is 36.8 Å². The van der Waals surface area contributed by atoms with Crippen LogP contribution in [0.25, 0.3) is 0 Å². The first-order valence-electron chi connectivity index (χ1n) is 7.83. The molecule has 110 valence electrons. The largest absolute Gasteiger partial charge is 0.496 e. The lowest BCUT2D eigenvalue weighted by molar-refractivity contribution is 0.0565. The quantitative estimate of drug-likeness (QED) is 0.917. The van der Waals surface area contributed by atoms with Gasteiger partial charge in [-0.15, -0.1) is 0 Å². The first-order valence-corrected chi connectivity index (χ1v) is 7.83. The lowest BCUT2D eigenvalue weighted by Crippen LogP contribution is -2.59. The predicted octanol–water partition coefficient (Wildman–Crippen LogP) is 2.72. The van der Waals surface area contributed by atoms with Gasteiger partial charge < -0.3 is 10.1 Å². The molecule has 2 aliphatic rings. The lowest BCUT2D eigenvalue weighted by atomic mass is 9.92. The second kappa shape index (κ2) is 5.74. The second-order valence-corrected chi connectivity index (χ2v) is 6.35. The van der Waals surface area contributed by atoms with E-state index in [0.29, 0.717) is 5.54 Å². The van der Waals surface area contributed by atoms with E-state index >= 15 is 0 Å². The number of aryl methyl sites for hydroxylation is 1. The molecular weight excluding hydrogens is 248 g/mol. The summed E-state index contributed by atoms with van der Waals surface area (Å²) in [6, 6.07) is 6.52. The standard InChI is InChI=1S/C17H26N2O/c1-14-5-6-16(20-2)15(11-14)12-19-10-9-18-13-17(19)7-3-4-8-17/h5-6,11,18H,3-4,7-10,12-13H2,1-2H3.